The summed E-state index contributed by atoms with van der Waals surface area (Å²) >= 11 is 0. The largest absolute Gasteiger partial charge is 0.496 e. The van der Waals surface area contributed by atoms with E-state index < -0.39 is 5.41 Å². The van der Waals surface area contributed by atoms with Crippen LogP contribution in [0.15, 0.2) is 78.9 Å². The molecular weight excluding hydrogens is 452 g/mol. The van der Waals surface area contributed by atoms with Crippen molar-refractivity contribution in [2.24, 2.45) is 0 Å². The molecule has 0 unspecified atom stereocenters. The minimum atomic E-state index is -1.20. The van der Waals surface area contributed by atoms with Gasteiger partial charge in [0.1, 0.15) is 5.75 Å². The van der Waals surface area contributed by atoms with Gasteiger partial charge in [0.05, 0.1) is 18.6 Å². The molecule has 0 bridgehead atoms. The van der Waals surface area contributed by atoms with Crippen LogP contribution in [0.25, 0.3) is 11.1 Å². The zero-order chi connectivity index (χ0) is 25.3. The molecule has 3 amide bonds. The summed E-state index contributed by atoms with van der Waals surface area (Å²) in [6.45, 7) is 0.614. The highest BCUT2D eigenvalue weighted by molar-refractivity contribution is 6.10. The minimum absolute atomic E-state index is 0.00801. The second kappa shape index (κ2) is 9.61. The van der Waals surface area contributed by atoms with Crippen molar-refractivity contribution in [3.8, 4) is 16.9 Å². The van der Waals surface area contributed by atoms with Crippen LogP contribution in [0.2, 0.25) is 0 Å². The Morgan fingerprint density at radius 2 is 1.61 bits per heavy atom. The molecule has 2 aliphatic rings. The standard InChI is InChI=1S/C30H30N2O4/c1-31-27(33)19-30(29(31)35,23-16-14-22(15-17-23)21-9-4-3-5-10-21)20-28(34)32-18-8-12-25(32)24-11-6-7-13-26(24)36-2/h3-7,9-11,13-17,25H,8,12,18-20H2,1-2H3/t25-,30-/m0/s1. The molecule has 2 atom stereocenters. The van der Waals surface area contributed by atoms with Crippen LogP contribution in [0.1, 0.15) is 42.9 Å². The van der Waals surface area contributed by atoms with Gasteiger partial charge in [0, 0.05) is 32.0 Å². The van der Waals surface area contributed by atoms with Crippen molar-refractivity contribution in [1.29, 1.82) is 0 Å². The fraction of sp³-hybridized carbons (Fsp3) is 0.300. The Hall–Kier alpha value is -3.93. The van der Waals surface area contributed by atoms with E-state index in [2.05, 4.69) is 0 Å². The van der Waals surface area contributed by atoms with E-state index in [1.165, 1.54) is 11.9 Å². The molecular formula is C30H30N2O4. The number of imide groups is 1. The van der Waals surface area contributed by atoms with Gasteiger partial charge in [-0.15, -0.1) is 0 Å². The second-order valence-corrected chi connectivity index (χ2v) is 9.62. The topological polar surface area (TPSA) is 66.9 Å². The number of nitrogens with zero attached hydrogens (tertiary/aromatic N) is 2. The van der Waals surface area contributed by atoms with E-state index in [4.69, 9.17) is 4.74 Å². The van der Waals surface area contributed by atoms with Crippen LogP contribution in [0, 0.1) is 0 Å². The molecule has 0 saturated carbocycles. The highest BCUT2D eigenvalue weighted by Crippen LogP contribution is 2.43. The molecule has 2 aliphatic heterocycles. The number of hydrogen-bond donors (Lipinski definition) is 0. The van der Waals surface area contributed by atoms with Crippen LogP contribution in [-0.2, 0) is 19.8 Å². The Labute approximate surface area is 211 Å². The lowest BCUT2D eigenvalue weighted by Crippen LogP contribution is -2.42. The first-order valence-electron chi connectivity index (χ1n) is 12.3. The van der Waals surface area contributed by atoms with E-state index in [1.54, 1.807) is 7.11 Å². The molecule has 0 N–H and O–H groups in total. The third-order valence-corrected chi connectivity index (χ3v) is 7.61. The number of likely N-dealkylation sites (tertiary alicyclic amines) is 2. The van der Waals surface area contributed by atoms with E-state index in [0.717, 1.165) is 35.3 Å². The SMILES string of the molecule is COc1ccccc1[C@@H]1CCCN1C(=O)C[C@]1(c2ccc(-c3ccccc3)cc2)CC(=O)N(C)C1=O. The van der Waals surface area contributed by atoms with Crippen molar-refractivity contribution in [1.82, 2.24) is 9.80 Å². The van der Waals surface area contributed by atoms with Crippen molar-refractivity contribution in [2.45, 2.75) is 37.1 Å². The molecule has 0 aromatic heterocycles. The predicted molar refractivity (Wildman–Crippen MR) is 137 cm³/mol. The second-order valence-electron chi connectivity index (χ2n) is 9.62. The van der Waals surface area contributed by atoms with Gasteiger partial charge in [-0.25, -0.2) is 0 Å². The number of ether oxygens (including phenoxy) is 1. The molecule has 6 heteroatoms. The first kappa shape index (κ1) is 23.8. The van der Waals surface area contributed by atoms with Crippen LogP contribution >= 0.6 is 0 Å². The number of methoxy groups -OCH3 is 1. The van der Waals surface area contributed by atoms with Gasteiger partial charge < -0.3 is 9.64 Å². The third-order valence-electron chi connectivity index (χ3n) is 7.61. The van der Waals surface area contributed by atoms with Gasteiger partial charge in [0.25, 0.3) is 0 Å². The van der Waals surface area contributed by atoms with Crippen molar-refractivity contribution >= 4 is 17.7 Å². The zero-order valence-electron chi connectivity index (χ0n) is 20.6. The van der Waals surface area contributed by atoms with Crippen molar-refractivity contribution in [3.63, 3.8) is 0 Å². The van der Waals surface area contributed by atoms with E-state index in [9.17, 15) is 14.4 Å². The summed E-state index contributed by atoms with van der Waals surface area (Å²) in [4.78, 5) is 43.0. The Morgan fingerprint density at radius 3 is 2.28 bits per heavy atom. The fourth-order valence-electron chi connectivity index (χ4n) is 5.65. The Balaban J connectivity index is 1.47. The number of benzene rings is 3. The van der Waals surface area contributed by atoms with Gasteiger partial charge in [0.2, 0.25) is 17.7 Å². The quantitative estimate of drug-likeness (QED) is 0.476. The zero-order valence-corrected chi connectivity index (χ0v) is 20.6. The number of amides is 3. The molecule has 3 aromatic rings. The molecule has 2 fully saturated rings. The van der Waals surface area contributed by atoms with Gasteiger partial charge in [-0.1, -0.05) is 72.8 Å². The van der Waals surface area contributed by atoms with E-state index >= 15 is 0 Å². The van der Waals surface area contributed by atoms with Crippen LogP contribution in [-0.4, -0.2) is 48.2 Å². The summed E-state index contributed by atoms with van der Waals surface area (Å²) in [5, 5.41) is 0. The maximum Gasteiger partial charge on any atom is 0.240 e. The maximum absolute atomic E-state index is 13.8. The number of hydrogen-bond acceptors (Lipinski definition) is 4. The molecule has 5 rings (SSSR count). The minimum Gasteiger partial charge on any atom is -0.496 e. The predicted octanol–water partition coefficient (Wildman–Crippen LogP) is 4.74. The van der Waals surface area contributed by atoms with Crippen LogP contribution in [0.3, 0.4) is 0 Å². The van der Waals surface area contributed by atoms with Crippen LogP contribution in [0.5, 0.6) is 5.75 Å². The average molecular weight is 483 g/mol. The summed E-state index contributed by atoms with van der Waals surface area (Å²) in [6.07, 6.45) is 1.65. The number of likely N-dealkylation sites (N-methyl/N-ethyl adjacent to an activating group) is 1. The molecule has 6 nitrogen and oxygen atoms in total. The highest BCUT2D eigenvalue weighted by atomic mass is 16.5. The summed E-state index contributed by atoms with van der Waals surface area (Å²) < 4.78 is 5.56. The van der Waals surface area contributed by atoms with E-state index in [0.29, 0.717) is 12.1 Å². The number of carbonyl (C=O) groups is 3. The van der Waals surface area contributed by atoms with Gasteiger partial charge in [0.15, 0.2) is 0 Å². The number of rotatable bonds is 6. The first-order chi connectivity index (χ1) is 17.4. The Kier molecular flexibility index (Phi) is 6.35. The lowest BCUT2D eigenvalue weighted by atomic mass is 9.75. The Morgan fingerprint density at radius 1 is 0.944 bits per heavy atom. The highest BCUT2D eigenvalue weighted by Gasteiger charge is 2.53. The molecule has 36 heavy (non-hydrogen) atoms. The summed E-state index contributed by atoms with van der Waals surface area (Å²) in [7, 11) is 3.13. The molecule has 2 saturated heterocycles. The fourth-order valence-corrected chi connectivity index (χ4v) is 5.65. The molecule has 0 aliphatic carbocycles. The van der Waals surface area contributed by atoms with Crippen molar-refractivity contribution < 1.29 is 19.1 Å². The molecule has 0 spiro atoms. The van der Waals surface area contributed by atoms with Gasteiger partial charge in [-0.05, 0) is 35.6 Å². The average Bonchev–Trinajstić information content (AvgIpc) is 3.49. The van der Waals surface area contributed by atoms with Crippen LogP contribution in [0.4, 0.5) is 0 Å². The molecule has 0 radical (unpaired) electrons. The van der Waals surface area contributed by atoms with Crippen molar-refractivity contribution in [2.75, 3.05) is 20.7 Å². The van der Waals surface area contributed by atoms with Crippen LogP contribution < -0.4 is 4.74 Å². The summed E-state index contributed by atoms with van der Waals surface area (Å²) in [5.74, 6) is 0.0521. The first-order valence-corrected chi connectivity index (χ1v) is 12.3. The smallest absolute Gasteiger partial charge is 0.240 e. The van der Waals surface area contributed by atoms with E-state index in [1.807, 2.05) is 83.8 Å². The monoisotopic (exact) mass is 482 g/mol. The molecule has 3 aromatic carbocycles. The van der Waals surface area contributed by atoms with E-state index in [-0.39, 0.29) is 36.6 Å². The molecule has 184 valence electrons. The van der Waals surface area contributed by atoms with Crippen molar-refractivity contribution in [3.05, 3.63) is 90.0 Å². The number of para-hydroxylation sites is 1. The van der Waals surface area contributed by atoms with Gasteiger partial charge >= 0.3 is 0 Å². The van der Waals surface area contributed by atoms with Gasteiger partial charge in [-0.2, -0.15) is 0 Å². The maximum atomic E-state index is 13.8. The number of carbonyl (C=O) groups excluding carboxylic acids is 3. The lowest BCUT2D eigenvalue weighted by molar-refractivity contribution is -0.141. The summed E-state index contributed by atoms with van der Waals surface area (Å²) in [6, 6.07) is 25.3. The normalized spacial score (nSPS) is 21.8. The third kappa shape index (κ3) is 4.06. The lowest BCUT2D eigenvalue weighted by Gasteiger charge is -2.32. The van der Waals surface area contributed by atoms with Gasteiger partial charge in [-0.3, -0.25) is 19.3 Å². The summed E-state index contributed by atoms with van der Waals surface area (Å²) in [5.41, 5.74) is 2.55. The Bertz CT molecular complexity index is 1290. The molecule has 2 heterocycles.